The van der Waals surface area contributed by atoms with Crippen LogP contribution in [0.3, 0.4) is 0 Å². The van der Waals surface area contributed by atoms with Gasteiger partial charge in [0.1, 0.15) is 0 Å². The van der Waals surface area contributed by atoms with Crippen molar-refractivity contribution in [1.29, 1.82) is 0 Å². The number of hydrogen-bond acceptors (Lipinski definition) is 0. The Bertz CT molecular complexity index is 1500. The maximum absolute atomic E-state index is 3.63. The average Bonchev–Trinajstić information content (AvgIpc) is 3.12. The summed E-state index contributed by atoms with van der Waals surface area (Å²) in [7, 11) is 0.933. The third-order valence-electron chi connectivity index (χ3n) is 7.35. The van der Waals surface area contributed by atoms with Crippen molar-refractivity contribution in [3.05, 3.63) is 205 Å². The van der Waals surface area contributed by atoms with Crippen LogP contribution < -0.4 is 15.6 Å². The molecule has 3 heteroatoms. The minimum Gasteiger partial charge on any atom is -0.0985 e. The first-order valence-corrected chi connectivity index (χ1v) is 20.2. The minimum atomic E-state index is -0.185. The van der Waals surface area contributed by atoms with E-state index in [1.165, 1.54) is 44.6 Å². The van der Waals surface area contributed by atoms with E-state index in [4.69, 9.17) is 0 Å². The number of benzene rings is 6. The molecule has 6 aromatic carbocycles. The molecule has 0 aliphatic rings. The molecule has 0 saturated carbocycles. The van der Waals surface area contributed by atoms with Crippen molar-refractivity contribution in [2.45, 2.75) is 24.9 Å². The lowest BCUT2D eigenvalue weighted by molar-refractivity contribution is 1.07. The molecule has 6 aromatic rings. The van der Waals surface area contributed by atoms with Crippen molar-refractivity contribution in [3.8, 4) is 0 Å². The Morgan fingerprint density at radius 2 is 0.978 bits per heavy atom. The van der Waals surface area contributed by atoms with Gasteiger partial charge in [-0.1, -0.05) is 223 Å². The van der Waals surface area contributed by atoms with Crippen LogP contribution in [0.5, 0.6) is 0 Å². The van der Waals surface area contributed by atoms with Gasteiger partial charge in [0, 0.05) is 10.2 Å². The molecule has 0 spiro atoms. The Morgan fingerprint density at radius 1 is 0.556 bits per heavy atom. The zero-order chi connectivity index (χ0) is 31.8. The highest BCUT2D eigenvalue weighted by Crippen LogP contribution is 2.12. The normalized spacial score (nSPS) is 11.0. The van der Waals surface area contributed by atoms with Gasteiger partial charge in [-0.3, -0.25) is 0 Å². The SMILES string of the molecule is C=Cc1ccccc1.CC([SiH2]c1ccccc1)c1ccccc1.[SiH3]c1ccccc1.c1ccc(CC[SiH2]c2ccccc2)cc1. The van der Waals surface area contributed by atoms with Gasteiger partial charge in [0.05, 0.1) is 19.0 Å². The Hall–Kier alpha value is -4.29. The Kier molecular flexibility index (Phi) is 17.4. The second kappa shape index (κ2) is 22.3. The number of aryl methyl sites for hydroxylation is 1. The molecule has 45 heavy (non-hydrogen) atoms. The molecule has 0 amide bonds. The summed E-state index contributed by atoms with van der Waals surface area (Å²) in [5.74, 6) is 0. The van der Waals surface area contributed by atoms with E-state index in [2.05, 4.69) is 159 Å². The van der Waals surface area contributed by atoms with Gasteiger partial charge in [-0.15, -0.1) is 0 Å². The van der Waals surface area contributed by atoms with Gasteiger partial charge in [-0.05, 0) is 28.7 Å². The van der Waals surface area contributed by atoms with E-state index in [9.17, 15) is 0 Å². The summed E-state index contributed by atoms with van der Waals surface area (Å²) in [6, 6.07) is 65.2. The number of hydrogen-bond donors (Lipinski definition) is 0. The molecule has 0 nitrogen and oxygen atoms in total. The van der Waals surface area contributed by atoms with Crippen LogP contribution in [-0.2, 0) is 6.42 Å². The molecule has 1 unspecified atom stereocenters. The molecule has 0 N–H and O–H groups in total. The van der Waals surface area contributed by atoms with Gasteiger partial charge in [0.2, 0.25) is 0 Å². The van der Waals surface area contributed by atoms with Gasteiger partial charge in [0.15, 0.2) is 0 Å². The van der Waals surface area contributed by atoms with Gasteiger partial charge in [-0.25, -0.2) is 0 Å². The molecule has 0 aromatic heterocycles. The number of rotatable bonds is 8. The first-order valence-electron chi connectivity index (χ1n) is 16.0. The summed E-state index contributed by atoms with van der Waals surface area (Å²) in [4.78, 5) is 0. The summed E-state index contributed by atoms with van der Waals surface area (Å²) in [6.45, 7) is 5.97. The molecule has 228 valence electrons. The molecular formula is C42H48Si3. The van der Waals surface area contributed by atoms with Crippen LogP contribution in [-0.4, -0.2) is 29.3 Å². The first kappa shape index (κ1) is 35.2. The van der Waals surface area contributed by atoms with Crippen molar-refractivity contribution >= 4 is 50.9 Å². The zero-order valence-corrected chi connectivity index (χ0v) is 31.8. The van der Waals surface area contributed by atoms with Crippen LogP contribution in [0.4, 0.5) is 0 Å². The standard InChI is InChI=1S/2C14H16Si.C8H8.C6H8Si/c1-12(13-8-4-2-5-9-13)15-14-10-6-3-7-11-14;1-3-7-13(8-4-1)11-12-15-14-9-5-2-6-10-14;1-2-8-6-4-3-5-7-8;7-6-4-2-1-3-5-6/h2-12H,15H2,1H3;1-10H,11-12,15H2;2-7H,1H2;1-5H,7H3. The summed E-state index contributed by atoms with van der Waals surface area (Å²) < 4.78 is 0. The average molecular weight is 637 g/mol. The van der Waals surface area contributed by atoms with E-state index in [0.717, 1.165) is 5.54 Å². The highest BCUT2D eigenvalue weighted by molar-refractivity contribution is 6.55. The minimum absolute atomic E-state index is 0.0552. The van der Waals surface area contributed by atoms with Gasteiger partial charge < -0.3 is 0 Å². The summed E-state index contributed by atoms with van der Waals surface area (Å²) in [5.41, 5.74) is 4.86. The molecule has 0 fully saturated rings. The second-order valence-electron chi connectivity index (χ2n) is 11.1. The van der Waals surface area contributed by atoms with Crippen molar-refractivity contribution < 1.29 is 0 Å². The first-order chi connectivity index (χ1) is 22.1. The van der Waals surface area contributed by atoms with E-state index in [1.54, 1.807) is 10.4 Å². The van der Waals surface area contributed by atoms with Crippen molar-refractivity contribution in [2.24, 2.45) is 0 Å². The third kappa shape index (κ3) is 15.8. The fourth-order valence-corrected chi connectivity index (χ4v) is 8.52. The topological polar surface area (TPSA) is 0 Å². The predicted octanol–water partition coefficient (Wildman–Crippen LogP) is 6.39. The van der Waals surface area contributed by atoms with Crippen LogP contribution in [0, 0.1) is 0 Å². The lowest BCUT2D eigenvalue weighted by Gasteiger charge is -2.10. The van der Waals surface area contributed by atoms with Crippen molar-refractivity contribution in [3.63, 3.8) is 0 Å². The Balaban J connectivity index is 0.000000172. The molecule has 0 aliphatic heterocycles. The van der Waals surface area contributed by atoms with Gasteiger partial charge in [-0.2, -0.15) is 0 Å². The summed E-state index contributed by atoms with van der Waals surface area (Å²) in [6.07, 6.45) is 3.07. The zero-order valence-electron chi connectivity index (χ0n) is 27.0. The Labute approximate surface area is 280 Å². The quantitative estimate of drug-likeness (QED) is 0.170. The Morgan fingerprint density at radius 3 is 1.42 bits per heavy atom. The van der Waals surface area contributed by atoms with E-state index in [0.29, 0.717) is 0 Å². The maximum atomic E-state index is 3.63. The largest absolute Gasteiger partial charge is 0.0985 e. The van der Waals surface area contributed by atoms with Crippen LogP contribution in [0.15, 0.2) is 189 Å². The van der Waals surface area contributed by atoms with Crippen LogP contribution in [0.2, 0.25) is 6.04 Å². The summed E-state index contributed by atoms with van der Waals surface area (Å²) >= 11 is 0. The smallest absolute Gasteiger partial charge is 0.0620 e. The van der Waals surface area contributed by atoms with E-state index >= 15 is 0 Å². The third-order valence-corrected chi connectivity index (χ3v) is 11.8. The highest BCUT2D eigenvalue weighted by atomic mass is 28.2. The monoisotopic (exact) mass is 636 g/mol. The fourth-order valence-electron chi connectivity index (χ4n) is 4.78. The van der Waals surface area contributed by atoms with Gasteiger partial charge >= 0.3 is 0 Å². The van der Waals surface area contributed by atoms with E-state index in [1.807, 2.05) is 42.5 Å². The predicted molar refractivity (Wildman–Crippen MR) is 212 cm³/mol. The molecule has 6 rings (SSSR count). The highest BCUT2D eigenvalue weighted by Gasteiger charge is 2.06. The van der Waals surface area contributed by atoms with E-state index in [-0.39, 0.29) is 19.0 Å². The maximum Gasteiger partial charge on any atom is 0.0620 e. The summed E-state index contributed by atoms with van der Waals surface area (Å²) in [5, 5.41) is 4.59. The van der Waals surface area contributed by atoms with Crippen molar-refractivity contribution in [1.82, 2.24) is 0 Å². The molecule has 0 radical (unpaired) electrons. The lowest BCUT2D eigenvalue weighted by atomic mass is 10.2. The molecule has 0 heterocycles. The van der Waals surface area contributed by atoms with Gasteiger partial charge in [0.25, 0.3) is 0 Å². The molecule has 0 bridgehead atoms. The van der Waals surface area contributed by atoms with Crippen LogP contribution >= 0.6 is 0 Å². The van der Waals surface area contributed by atoms with Crippen LogP contribution in [0.25, 0.3) is 6.08 Å². The fraction of sp³-hybridized carbons (Fsp3) is 0.0952. The van der Waals surface area contributed by atoms with Crippen LogP contribution in [0.1, 0.15) is 29.2 Å². The molecule has 1 atom stereocenters. The lowest BCUT2D eigenvalue weighted by Crippen LogP contribution is -2.19. The second-order valence-corrected chi connectivity index (χ2v) is 16.7. The molecular weight excluding hydrogens is 589 g/mol. The van der Waals surface area contributed by atoms with Crippen molar-refractivity contribution in [2.75, 3.05) is 0 Å². The molecule has 0 saturated heterocycles. The molecule has 0 aliphatic carbocycles. The van der Waals surface area contributed by atoms with E-state index < -0.39 is 0 Å².